The average Bonchev–Trinajstić information content (AvgIpc) is 2.27. The van der Waals surface area contributed by atoms with Crippen molar-refractivity contribution in [3.8, 4) is 0 Å². The number of carboxylic acid groups (broad SMARTS) is 1. The van der Waals surface area contributed by atoms with E-state index in [9.17, 15) is 9.36 Å². The highest BCUT2D eigenvalue weighted by atomic mass is 31.2. The number of nitrogens with two attached hydrogens (primary N) is 1. The van der Waals surface area contributed by atoms with Crippen LogP contribution in [0.2, 0.25) is 0 Å². The average molecular weight is 271 g/mol. The maximum atomic E-state index is 11.0. The van der Waals surface area contributed by atoms with Crippen LogP contribution in [0, 0.1) is 0 Å². The number of rotatable bonds is 5. The number of allylic oxidation sites excluding steroid dienone is 1. The molecule has 1 aromatic carbocycles. The quantitative estimate of drug-likeness (QED) is 0.584. The molecule has 0 aromatic heterocycles. The largest absolute Gasteiger partial charge is 0.480 e. The first-order valence-electron chi connectivity index (χ1n) is 5.08. The summed E-state index contributed by atoms with van der Waals surface area (Å²) in [6.45, 7) is 0. The third-order valence-corrected chi connectivity index (χ3v) is 2.94. The van der Waals surface area contributed by atoms with E-state index in [0.717, 1.165) is 6.08 Å². The molecule has 6 nitrogen and oxygen atoms in total. The van der Waals surface area contributed by atoms with Crippen molar-refractivity contribution in [2.45, 2.75) is 6.04 Å². The van der Waals surface area contributed by atoms with Gasteiger partial charge in [-0.25, -0.2) is 0 Å². The molecule has 7 heteroatoms. The fourth-order valence-electron chi connectivity index (χ4n) is 1.40. The minimum Gasteiger partial charge on any atom is -0.480 e. The molecule has 0 amide bonds. The van der Waals surface area contributed by atoms with Crippen LogP contribution >= 0.6 is 7.60 Å². The Morgan fingerprint density at radius 3 is 2.33 bits per heavy atom. The Kier molecular flexibility index (Phi) is 4.81. The normalized spacial score (nSPS) is 14.3. The first-order valence-corrected chi connectivity index (χ1v) is 6.88. The van der Waals surface area contributed by atoms with Crippen LogP contribution in [0.25, 0.3) is 5.57 Å². The molecule has 0 aliphatic heterocycles. The molecular weight excluding hydrogens is 257 g/mol. The summed E-state index contributed by atoms with van der Waals surface area (Å²) >= 11 is 0. The summed E-state index contributed by atoms with van der Waals surface area (Å²) in [5, 5.41) is 8.71. The second-order valence-electron chi connectivity index (χ2n) is 3.74. The van der Waals surface area contributed by atoms with E-state index in [0.29, 0.717) is 5.56 Å². The second kappa shape index (κ2) is 5.93. The molecule has 18 heavy (non-hydrogen) atoms. The van der Waals surface area contributed by atoms with E-state index in [1.165, 1.54) is 0 Å². The molecule has 1 aromatic rings. The summed E-state index contributed by atoms with van der Waals surface area (Å²) in [5.41, 5.74) is 6.11. The van der Waals surface area contributed by atoms with Gasteiger partial charge in [0.25, 0.3) is 0 Å². The van der Waals surface area contributed by atoms with Crippen molar-refractivity contribution in [1.82, 2.24) is 0 Å². The molecule has 0 bridgehead atoms. The van der Waals surface area contributed by atoms with Crippen LogP contribution in [0.3, 0.4) is 0 Å². The van der Waals surface area contributed by atoms with Crippen molar-refractivity contribution in [1.29, 1.82) is 0 Å². The zero-order valence-electron chi connectivity index (χ0n) is 9.43. The van der Waals surface area contributed by atoms with Crippen LogP contribution < -0.4 is 5.73 Å². The topological polar surface area (TPSA) is 121 Å². The minimum atomic E-state index is -4.29. The summed E-state index contributed by atoms with van der Waals surface area (Å²) in [6, 6.07) is 7.10. The number of hydrogen-bond donors (Lipinski definition) is 4. The van der Waals surface area contributed by atoms with Crippen molar-refractivity contribution in [3.05, 3.63) is 42.0 Å². The van der Waals surface area contributed by atoms with Gasteiger partial charge in [0.2, 0.25) is 0 Å². The van der Waals surface area contributed by atoms with E-state index in [1.54, 1.807) is 30.3 Å². The molecular formula is C11H14NO5P. The van der Waals surface area contributed by atoms with E-state index in [-0.39, 0.29) is 5.57 Å². The molecule has 1 rings (SSSR count). The summed E-state index contributed by atoms with van der Waals surface area (Å²) in [5.74, 6) is -1.26. The number of carbonyl (C=O) groups is 1. The van der Waals surface area contributed by atoms with Gasteiger partial charge in [0.05, 0.1) is 6.16 Å². The third-order valence-electron chi connectivity index (χ3n) is 2.19. The molecule has 98 valence electrons. The fourth-order valence-corrected chi connectivity index (χ4v) is 2.13. The van der Waals surface area contributed by atoms with Crippen LogP contribution in [0.5, 0.6) is 0 Å². The van der Waals surface area contributed by atoms with Gasteiger partial charge in [-0.1, -0.05) is 36.4 Å². The maximum absolute atomic E-state index is 11.0. The lowest BCUT2D eigenvalue weighted by Gasteiger charge is -2.11. The van der Waals surface area contributed by atoms with E-state index in [4.69, 9.17) is 20.6 Å². The highest BCUT2D eigenvalue weighted by molar-refractivity contribution is 7.52. The molecule has 0 spiro atoms. The van der Waals surface area contributed by atoms with Gasteiger partial charge < -0.3 is 20.6 Å². The van der Waals surface area contributed by atoms with Crippen LogP contribution in [0.15, 0.2) is 36.4 Å². The predicted molar refractivity (Wildman–Crippen MR) is 66.9 cm³/mol. The van der Waals surface area contributed by atoms with Crippen molar-refractivity contribution in [3.63, 3.8) is 0 Å². The van der Waals surface area contributed by atoms with Crippen LogP contribution in [-0.2, 0) is 9.36 Å². The van der Waals surface area contributed by atoms with Crippen molar-refractivity contribution in [2.24, 2.45) is 5.73 Å². The Morgan fingerprint density at radius 1 is 1.33 bits per heavy atom. The minimum absolute atomic E-state index is 0.221. The highest BCUT2D eigenvalue weighted by Crippen LogP contribution is 2.39. The van der Waals surface area contributed by atoms with E-state index in [1.807, 2.05) is 0 Å². The first kappa shape index (κ1) is 14.6. The second-order valence-corrected chi connectivity index (χ2v) is 5.39. The Bertz CT molecular complexity index is 493. The lowest BCUT2D eigenvalue weighted by Crippen LogP contribution is -2.28. The van der Waals surface area contributed by atoms with Gasteiger partial charge in [-0.3, -0.25) is 9.36 Å². The molecule has 5 N–H and O–H groups in total. The number of aliphatic carboxylic acids is 1. The van der Waals surface area contributed by atoms with E-state index >= 15 is 0 Å². The number of carboxylic acids is 1. The Balaban J connectivity index is 3.11. The monoisotopic (exact) mass is 271 g/mol. The smallest absolute Gasteiger partial charge is 0.329 e. The highest BCUT2D eigenvalue weighted by Gasteiger charge is 2.19. The molecule has 0 aliphatic rings. The summed E-state index contributed by atoms with van der Waals surface area (Å²) in [6.07, 6.45) is 0.606. The van der Waals surface area contributed by atoms with Gasteiger partial charge in [-0.2, -0.15) is 0 Å². The van der Waals surface area contributed by atoms with Crippen LogP contribution in [-0.4, -0.2) is 33.1 Å². The van der Waals surface area contributed by atoms with Gasteiger partial charge in [-0.05, 0) is 11.1 Å². The number of benzene rings is 1. The van der Waals surface area contributed by atoms with Crippen molar-refractivity contribution in [2.75, 3.05) is 6.16 Å². The SMILES string of the molecule is NC(C=C(CP(=O)(O)O)c1ccccc1)C(=O)O. The van der Waals surface area contributed by atoms with Crippen molar-refractivity contribution >= 4 is 19.1 Å². The summed E-state index contributed by atoms with van der Waals surface area (Å²) < 4.78 is 11.0. The van der Waals surface area contributed by atoms with Crippen molar-refractivity contribution < 1.29 is 24.3 Å². The lowest BCUT2D eigenvalue weighted by atomic mass is 10.1. The molecule has 0 saturated heterocycles. The van der Waals surface area contributed by atoms with Gasteiger partial charge in [0, 0.05) is 0 Å². The molecule has 0 aliphatic carbocycles. The standard InChI is InChI=1S/C11H14NO5P/c12-10(11(13)14)6-9(7-18(15,16)17)8-4-2-1-3-5-8/h1-6,10H,7,12H2,(H,13,14)(H2,15,16,17). The molecule has 0 saturated carbocycles. The maximum Gasteiger partial charge on any atom is 0.329 e. The van der Waals surface area contributed by atoms with Gasteiger partial charge in [0.1, 0.15) is 6.04 Å². The summed E-state index contributed by atoms with van der Waals surface area (Å²) in [4.78, 5) is 28.6. The Morgan fingerprint density at radius 2 is 1.89 bits per heavy atom. The molecule has 0 heterocycles. The van der Waals surface area contributed by atoms with Gasteiger partial charge >= 0.3 is 13.6 Å². The van der Waals surface area contributed by atoms with E-state index in [2.05, 4.69) is 0 Å². The molecule has 1 atom stereocenters. The number of hydrogen-bond acceptors (Lipinski definition) is 3. The third kappa shape index (κ3) is 4.81. The first-order chi connectivity index (χ1) is 8.29. The van der Waals surface area contributed by atoms with Gasteiger partial charge in [0.15, 0.2) is 0 Å². The molecule has 0 radical (unpaired) electrons. The van der Waals surface area contributed by atoms with E-state index < -0.39 is 25.8 Å². The fraction of sp³-hybridized carbons (Fsp3) is 0.182. The molecule has 1 unspecified atom stereocenters. The Hall–Kier alpha value is -1.46. The predicted octanol–water partition coefficient (Wildman–Crippen LogP) is 0.660. The molecule has 0 fully saturated rings. The van der Waals surface area contributed by atoms with Gasteiger partial charge in [-0.15, -0.1) is 0 Å². The van der Waals surface area contributed by atoms with Crippen LogP contribution in [0.4, 0.5) is 0 Å². The lowest BCUT2D eigenvalue weighted by molar-refractivity contribution is -0.137. The zero-order valence-corrected chi connectivity index (χ0v) is 10.3. The summed E-state index contributed by atoms with van der Waals surface area (Å²) in [7, 11) is -4.29. The van der Waals surface area contributed by atoms with Crippen LogP contribution in [0.1, 0.15) is 5.56 Å². The zero-order chi connectivity index (χ0) is 13.8. The Labute approximate surface area is 104 Å².